The van der Waals surface area contributed by atoms with Gasteiger partial charge in [-0.1, -0.05) is 47.9 Å². The molecule has 0 saturated heterocycles. The van der Waals surface area contributed by atoms with Crippen molar-refractivity contribution >= 4 is 33.5 Å². The quantitative estimate of drug-likeness (QED) is 0.425. The summed E-state index contributed by atoms with van der Waals surface area (Å²) in [6.45, 7) is 0. The maximum atomic E-state index is 8.55. The summed E-state index contributed by atoms with van der Waals surface area (Å²) in [5.74, 6) is 0. The van der Waals surface area contributed by atoms with Gasteiger partial charge in [0.15, 0.2) is 0 Å². The van der Waals surface area contributed by atoms with Crippen LogP contribution in [0.1, 0.15) is 15.1 Å². The second-order valence-corrected chi connectivity index (χ2v) is 4.33. The first-order valence-electron chi connectivity index (χ1n) is 11.1. The highest BCUT2D eigenvalue weighted by molar-refractivity contribution is 6.31. The topological polar surface area (TPSA) is 13.1 Å². The van der Waals surface area contributed by atoms with Gasteiger partial charge in [-0.3, -0.25) is 0 Å². The zero-order valence-electron chi connectivity index (χ0n) is 20.8. The fourth-order valence-corrected chi connectivity index (χ4v) is 2.00. The lowest BCUT2D eigenvalue weighted by atomic mass is 10.0. The Morgan fingerprint density at radius 2 is 1.45 bits per heavy atom. The van der Waals surface area contributed by atoms with E-state index in [0.717, 1.165) is 0 Å². The fraction of sp³-hybridized carbons (Fsp3) is 0. The number of rotatable bonds is 1. The van der Waals surface area contributed by atoms with Gasteiger partial charge >= 0.3 is 0 Å². The summed E-state index contributed by atoms with van der Waals surface area (Å²) >= 11 is 5.92. The van der Waals surface area contributed by atoms with E-state index in [1.807, 2.05) is 0 Å². The van der Waals surface area contributed by atoms with E-state index < -0.39 is 77.6 Å². The van der Waals surface area contributed by atoms with Gasteiger partial charge in [-0.2, -0.15) is 0 Å². The molecule has 1 heterocycles. The highest BCUT2D eigenvalue weighted by Crippen LogP contribution is 2.33. The molecule has 4 rings (SSSR count). The predicted molar refractivity (Wildman–Crippen MR) is 84.2 cm³/mol. The van der Waals surface area contributed by atoms with Crippen LogP contribution in [-0.2, 0) is 0 Å². The van der Waals surface area contributed by atoms with Crippen molar-refractivity contribution in [2.24, 2.45) is 0 Å². The third-order valence-corrected chi connectivity index (χ3v) is 2.92. The van der Waals surface area contributed by atoms with Crippen LogP contribution in [-0.4, -0.2) is 0 Å². The molecule has 96 valence electrons. The second-order valence-electron chi connectivity index (χ2n) is 3.95. The highest BCUT2D eigenvalue weighted by Gasteiger charge is 2.08. The summed E-state index contributed by atoms with van der Waals surface area (Å²) < 4.78 is 94.9. The van der Waals surface area contributed by atoms with Crippen LogP contribution in [0.3, 0.4) is 0 Å². The van der Waals surface area contributed by atoms with Crippen molar-refractivity contribution in [3.8, 4) is 11.1 Å². The number of furan rings is 1. The van der Waals surface area contributed by atoms with Gasteiger partial charge in [0, 0.05) is 21.8 Å². The molecule has 0 saturated carbocycles. The van der Waals surface area contributed by atoms with Gasteiger partial charge < -0.3 is 4.42 Å². The zero-order chi connectivity index (χ0) is 23.1. The molecule has 2 heteroatoms. The standard InChI is InChI=1S/C18H11ClO/c19-14-7-9-16-15-8-6-13(12-4-2-1-3-5-12)10-17(15)20-18(16)11-14/h1-11H/i1D,2D,3D,4D,5D,6D,7D,8D,9D,10D,11D. The van der Waals surface area contributed by atoms with E-state index in [2.05, 4.69) is 0 Å². The average Bonchev–Trinajstić information content (AvgIpc) is 3.15. The summed E-state index contributed by atoms with van der Waals surface area (Å²) in [4.78, 5) is 0. The number of hydrogen-bond donors (Lipinski definition) is 0. The third kappa shape index (κ3) is 1.79. The Kier molecular flexibility index (Phi) is 1.09. The average molecular weight is 290 g/mol. The van der Waals surface area contributed by atoms with Gasteiger partial charge in [-0.25, -0.2) is 0 Å². The maximum Gasteiger partial charge on any atom is 0.136 e. The summed E-state index contributed by atoms with van der Waals surface area (Å²) in [6, 6.07) is -6.20. The van der Waals surface area contributed by atoms with E-state index in [9.17, 15) is 0 Å². The number of hydrogen-bond acceptors (Lipinski definition) is 1. The molecule has 1 aromatic heterocycles. The van der Waals surface area contributed by atoms with Crippen LogP contribution < -0.4 is 0 Å². The summed E-state index contributed by atoms with van der Waals surface area (Å²) in [6.07, 6.45) is 0. The summed E-state index contributed by atoms with van der Waals surface area (Å²) in [7, 11) is 0. The normalized spacial score (nSPS) is 18.9. The summed E-state index contributed by atoms with van der Waals surface area (Å²) in [5.41, 5.74) is -1.36. The lowest BCUT2D eigenvalue weighted by Gasteiger charge is -2.00. The van der Waals surface area contributed by atoms with Gasteiger partial charge in [-0.15, -0.1) is 0 Å². The lowest BCUT2D eigenvalue weighted by Crippen LogP contribution is -1.76. The van der Waals surface area contributed by atoms with Crippen LogP contribution in [0.15, 0.2) is 70.9 Å². The van der Waals surface area contributed by atoms with Gasteiger partial charge in [0.05, 0.1) is 15.1 Å². The Morgan fingerprint density at radius 1 is 0.750 bits per heavy atom. The van der Waals surface area contributed by atoms with E-state index in [0.29, 0.717) is 0 Å². The lowest BCUT2D eigenvalue weighted by molar-refractivity contribution is 0.669. The van der Waals surface area contributed by atoms with Gasteiger partial charge in [0.2, 0.25) is 0 Å². The molecule has 20 heavy (non-hydrogen) atoms. The summed E-state index contributed by atoms with van der Waals surface area (Å²) in [5, 5.41) is -0.606. The van der Waals surface area contributed by atoms with Crippen LogP contribution in [0.5, 0.6) is 0 Å². The molecule has 0 radical (unpaired) electrons. The molecule has 0 N–H and O–H groups in total. The van der Waals surface area contributed by atoms with Crippen molar-refractivity contribution in [1.82, 2.24) is 0 Å². The van der Waals surface area contributed by atoms with Crippen molar-refractivity contribution in [3.05, 3.63) is 71.5 Å². The highest BCUT2D eigenvalue weighted by atomic mass is 35.5. The Hall–Kier alpha value is -2.25. The Balaban J connectivity index is 2.27. The molecule has 0 fully saturated rings. The van der Waals surface area contributed by atoms with E-state index in [-0.39, 0.29) is 27.0 Å². The Bertz CT molecular complexity index is 1430. The minimum absolute atomic E-state index is 0.117. The van der Waals surface area contributed by atoms with Crippen LogP contribution in [0, 0.1) is 0 Å². The first-order valence-corrected chi connectivity index (χ1v) is 5.98. The van der Waals surface area contributed by atoms with E-state index in [1.54, 1.807) is 0 Å². The molecule has 0 spiro atoms. The number of benzene rings is 3. The molecule has 0 amide bonds. The van der Waals surface area contributed by atoms with Crippen molar-refractivity contribution in [2.75, 3.05) is 0 Å². The molecule has 1 nitrogen and oxygen atoms in total. The predicted octanol–water partition coefficient (Wildman–Crippen LogP) is 5.91. The van der Waals surface area contributed by atoms with Crippen molar-refractivity contribution in [3.63, 3.8) is 0 Å². The smallest absolute Gasteiger partial charge is 0.136 e. The van der Waals surface area contributed by atoms with Gasteiger partial charge in [0.1, 0.15) is 11.2 Å². The van der Waals surface area contributed by atoms with Crippen molar-refractivity contribution < 1.29 is 19.5 Å². The SMILES string of the molecule is [2H]c1c([2H])c([2H])c(-c2c([2H])c([2H])c3c(oc4c([2H])c(Cl)c([2H])c([2H])c43)c2[2H])c([2H])c1[2H]. The minimum Gasteiger partial charge on any atom is -0.456 e. The van der Waals surface area contributed by atoms with E-state index in [4.69, 9.17) is 31.1 Å². The van der Waals surface area contributed by atoms with Crippen LogP contribution >= 0.6 is 11.6 Å². The molecule has 0 aliphatic carbocycles. The van der Waals surface area contributed by atoms with Crippen molar-refractivity contribution in [1.29, 1.82) is 0 Å². The molecular weight excluding hydrogens is 268 g/mol. The van der Waals surface area contributed by atoms with Crippen LogP contribution in [0.25, 0.3) is 33.1 Å². The Morgan fingerprint density at radius 3 is 2.25 bits per heavy atom. The van der Waals surface area contributed by atoms with Crippen LogP contribution in [0.2, 0.25) is 5.02 Å². The van der Waals surface area contributed by atoms with E-state index >= 15 is 0 Å². The molecule has 0 aliphatic heterocycles. The molecule has 4 aromatic rings. The molecule has 0 bridgehead atoms. The van der Waals surface area contributed by atoms with Gasteiger partial charge in [-0.05, 0) is 35.3 Å². The fourth-order valence-electron chi connectivity index (χ4n) is 1.86. The van der Waals surface area contributed by atoms with Crippen molar-refractivity contribution in [2.45, 2.75) is 0 Å². The van der Waals surface area contributed by atoms with Crippen LogP contribution in [0.4, 0.5) is 0 Å². The molecule has 0 atom stereocenters. The second kappa shape index (κ2) is 4.39. The molecule has 3 aromatic carbocycles. The Labute approximate surface area is 136 Å². The molecule has 0 aliphatic rings. The minimum atomic E-state index is -0.654. The van der Waals surface area contributed by atoms with Gasteiger partial charge in [0.25, 0.3) is 0 Å². The monoisotopic (exact) mass is 289 g/mol. The maximum absolute atomic E-state index is 8.55. The number of fused-ring (bicyclic) bond motifs is 3. The first kappa shape index (κ1) is 4.94. The molecular formula is C18H11ClO. The number of halogens is 1. The third-order valence-electron chi connectivity index (χ3n) is 2.73. The van der Waals surface area contributed by atoms with E-state index in [1.165, 1.54) is 0 Å². The largest absolute Gasteiger partial charge is 0.456 e. The first-order chi connectivity index (χ1) is 14.4. The molecule has 0 unspecified atom stereocenters. The zero-order valence-corrected chi connectivity index (χ0v) is 10.5.